The van der Waals surface area contributed by atoms with Crippen LogP contribution in [-0.2, 0) is 4.79 Å². The Morgan fingerprint density at radius 1 is 1.62 bits per heavy atom. The Morgan fingerprint density at radius 2 is 2.38 bits per heavy atom. The third-order valence-corrected chi connectivity index (χ3v) is 3.42. The van der Waals surface area contributed by atoms with E-state index in [2.05, 4.69) is 21.2 Å². The number of alkyl halides is 2. The molecular formula is C9H9BrClNO. The molecule has 1 saturated carbocycles. The second-order valence-corrected chi connectivity index (χ2v) is 4.76. The van der Waals surface area contributed by atoms with Gasteiger partial charge in [-0.3, -0.25) is 4.79 Å². The van der Waals surface area contributed by atoms with Gasteiger partial charge in [0.2, 0.25) is 0 Å². The van der Waals surface area contributed by atoms with Crippen molar-refractivity contribution in [2.75, 3.05) is 0 Å². The lowest BCUT2D eigenvalue weighted by molar-refractivity contribution is -0.115. The minimum atomic E-state index is -0.250. The van der Waals surface area contributed by atoms with Gasteiger partial charge in [-0.15, -0.1) is 0 Å². The van der Waals surface area contributed by atoms with Gasteiger partial charge in [0.25, 0.3) is 0 Å². The van der Waals surface area contributed by atoms with E-state index in [0.717, 1.165) is 24.0 Å². The van der Waals surface area contributed by atoms with Crippen LogP contribution in [0.1, 0.15) is 12.8 Å². The monoisotopic (exact) mass is 261 g/mol. The predicted octanol–water partition coefficient (Wildman–Crippen LogP) is 2.09. The van der Waals surface area contributed by atoms with E-state index in [4.69, 9.17) is 11.6 Å². The van der Waals surface area contributed by atoms with E-state index >= 15 is 0 Å². The van der Waals surface area contributed by atoms with Crippen LogP contribution in [0.3, 0.4) is 0 Å². The molecule has 2 atom stereocenters. The van der Waals surface area contributed by atoms with Crippen molar-refractivity contribution in [3.63, 3.8) is 0 Å². The van der Waals surface area contributed by atoms with Crippen molar-refractivity contribution in [3.05, 3.63) is 23.4 Å². The number of Topliss-reactive ketones (excluding diaryl/α,β-unsaturated/α-hetero) is 1. The van der Waals surface area contributed by atoms with Crippen molar-refractivity contribution in [3.8, 4) is 0 Å². The Hall–Kier alpha value is -0.280. The van der Waals surface area contributed by atoms with Gasteiger partial charge >= 0.3 is 0 Å². The van der Waals surface area contributed by atoms with Crippen molar-refractivity contribution in [2.45, 2.75) is 23.2 Å². The fraction of sp³-hybridized carbons (Fsp3) is 0.444. The summed E-state index contributed by atoms with van der Waals surface area (Å²) in [6.45, 7) is 0. The predicted molar refractivity (Wildman–Crippen MR) is 55.9 cm³/mol. The zero-order valence-corrected chi connectivity index (χ0v) is 9.23. The Morgan fingerprint density at radius 3 is 3.15 bits per heavy atom. The molecule has 70 valence electrons. The minimum Gasteiger partial charge on any atom is -0.372 e. The summed E-state index contributed by atoms with van der Waals surface area (Å²) in [6, 6.07) is 0. The first-order chi connectivity index (χ1) is 6.18. The minimum absolute atomic E-state index is 0.0298. The molecular weight excluding hydrogens is 253 g/mol. The van der Waals surface area contributed by atoms with Crippen molar-refractivity contribution in [1.29, 1.82) is 0 Å². The van der Waals surface area contributed by atoms with Crippen LogP contribution >= 0.6 is 27.5 Å². The summed E-state index contributed by atoms with van der Waals surface area (Å²) in [5.41, 5.74) is 1.62. The summed E-state index contributed by atoms with van der Waals surface area (Å²) in [7, 11) is 0. The fourth-order valence-corrected chi connectivity index (χ4v) is 2.25. The normalized spacial score (nSPS) is 32.9. The highest BCUT2D eigenvalue weighted by atomic mass is 79.9. The van der Waals surface area contributed by atoms with E-state index < -0.39 is 0 Å². The second-order valence-electron chi connectivity index (χ2n) is 3.19. The molecule has 1 N–H and O–H groups in total. The molecule has 0 aromatic heterocycles. The Balaban J connectivity index is 2.32. The summed E-state index contributed by atoms with van der Waals surface area (Å²) in [6.07, 6.45) is 5.44. The van der Waals surface area contributed by atoms with Gasteiger partial charge < -0.3 is 5.32 Å². The molecule has 0 amide bonds. The standard InChI is InChI=1S/C9H9BrClNO/c10-7-2-1-5-4-12-8(11)3-6(5)9(7)13/h3-4,7-8,12H,1-2H2. The average molecular weight is 263 g/mol. The molecule has 0 aromatic rings. The van der Waals surface area contributed by atoms with Crippen LogP contribution in [0.25, 0.3) is 0 Å². The SMILES string of the molecule is O=C1C2=CC(Cl)NC=C2CCC1Br. The number of carbonyl (C=O) groups is 1. The fourth-order valence-electron chi connectivity index (χ4n) is 1.59. The van der Waals surface area contributed by atoms with Crippen LogP contribution in [0.2, 0.25) is 0 Å². The third-order valence-electron chi connectivity index (χ3n) is 2.29. The first kappa shape index (κ1) is 9.28. The highest BCUT2D eigenvalue weighted by molar-refractivity contribution is 9.10. The smallest absolute Gasteiger partial charge is 0.176 e. The van der Waals surface area contributed by atoms with Crippen LogP contribution in [0.4, 0.5) is 0 Å². The van der Waals surface area contributed by atoms with E-state index in [1.54, 1.807) is 6.08 Å². The van der Waals surface area contributed by atoms with Crippen LogP contribution in [0, 0.1) is 0 Å². The Labute approximate surface area is 90.2 Å². The molecule has 13 heavy (non-hydrogen) atoms. The first-order valence-corrected chi connectivity index (χ1v) is 5.53. The van der Waals surface area contributed by atoms with Crippen LogP contribution in [-0.4, -0.2) is 16.1 Å². The number of hydrogen-bond donors (Lipinski definition) is 1. The summed E-state index contributed by atoms with van der Waals surface area (Å²) in [4.78, 5) is 11.6. The molecule has 1 heterocycles. The number of nitrogens with one attached hydrogen (secondary N) is 1. The van der Waals surface area contributed by atoms with Gasteiger partial charge in [-0.1, -0.05) is 27.5 Å². The van der Waals surface area contributed by atoms with Gasteiger partial charge in [0, 0.05) is 11.8 Å². The molecule has 0 radical (unpaired) electrons. The van der Waals surface area contributed by atoms with E-state index in [-0.39, 0.29) is 16.1 Å². The van der Waals surface area contributed by atoms with Crippen molar-refractivity contribution in [2.24, 2.45) is 0 Å². The summed E-state index contributed by atoms with van der Waals surface area (Å²) in [5, 5.41) is 2.98. The van der Waals surface area contributed by atoms with E-state index in [1.165, 1.54) is 0 Å². The number of ketones is 1. The molecule has 2 nitrogen and oxygen atoms in total. The van der Waals surface area contributed by atoms with Crippen LogP contribution in [0.15, 0.2) is 23.4 Å². The lowest BCUT2D eigenvalue weighted by Gasteiger charge is -2.25. The summed E-state index contributed by atoms with van der Waals surface area (Å²) < 4.78 is 0. The number of carbonyl (C=O) groups excluding carboxylic acids is 1. The zero-order chi connectivity index (χ0) is 9.42. The van der Waals surface area contributed by atoms with Gasteiger partial charge in [-0.25, -0.2) is 0 Å². The molecule has 2 aliphatic rings. The van der Waals surface area contributed by atoms with Crippen LogP contribution < -0.4 is 5.32 Å². The number of hydrogen-bond acceptors (Lipinski definition) is 2. The highest BCUT2D eigenvalue weighted by Gasteiger charge is 2.29. The molecule has 2 unspecified atom stereocenters. The molecule has 2 rings (SSSR count). The van der Waals surface area contributed by atoms with Gasteiger partial charge in [-0.2, -0.15) is 0 Å². The van der Waals surface area contributed by atoms with E-state index in [1.807, 2.05) is 6.20 Å². The summed E-state index contributed by atoms with van der Waals surface area (Å²) in [5.74, 6) is 0.157. The van der Waals surface area contributed by atoms with Gasteiger partial charge in [-0.05, 0) is 24.5 Å². The highest BCUT2D eigenvalue weighted by Crippen LogP contribution is 2.31. The molecule has 0 spiro atoms. The molecule has 1 aliphatic carbocycles. The molecule has 1 fully saturated rings. The molecule has 0 saturated heterocycles. The number of halogens is 2. The van der Waals surface area contributed by atoms with Crippen molar-refractivity contribution >= 4 is 33.3 Å². The lowest BCUT2D eigenvalue weighted by Crippen LogP contribution is -2.30. The van der Waals surface area contributed by atoms with Gasteiger partial charge in [0.15, 0.2) is 5.78 Å². The lowest BCUT2D eigenvalue weighted by atomic mass is 9.87. The Kier molecular flexibility index (Phi) is 2.47. The Bertz CT molecular complexity index is 311. The van der Waals surface area contributed by atoms with E-state index in [0.29, 0.717) is 0 Å². The molecule has 0 bridgehead atoms. The second kappa shape index (κ2) is 3.46. The largest absolute Gasteiger partial charge is 0.372 e. The zero-order valence-electron chi connectivity index (χ0n) is 6.89. The molecule has 0 aromatic carbocycles. The maximum absolute atomic E-state index is 11.7. The molecule has 4 heteroatoms. The number of rotatable bonds is 0. The van der Waals surface area contributed by atoms with Crippen LogP contribution in [0.5, 0.6) is 0 Å². The maximum Gasteiger partial charge on any atom is 0.176 e. The van der Waals surface area contributed by atoms with E-state index in [9.17, 15) is 4.79 Å². The number of fused-ring (bicyclic) bond motifs is 1. The number of allylic oxidation sites excluding steroid dienone is 2. The average Bonchev–Trinajstić information content (AvgIpc) is 2.12. The van der Waals surface area contributed by atoms with Crippen molar-refractivity contribution in [1.82, 2.24) is 5.32 Å². The third kappa shape index (κ3) is 1.67. The quantitative estimate of drug-likeness (QED) is 0.535. The number of dihydropyridines is 1. The maximum atomic E-state index is 11.7. The first-order valence-electron chi connectivity index (χ1n) is 4.18. The topological polar surface area (TPSA) is 29.1 Å². The molecule has 1 aliphatic heterocycles. The van der Waals surface area contributed by atoms with Gasteiger partial charge in [0.05, 0.1) is 4.83 Å². The van der Waals surface area contributed by atoms with Crippen molar-refractivity contribution < 1.29 is 4.79 Å². The summed E-state index contributed by atoms with van der Waals surface area (Å²) >= 11 is 9.20. The van der Waals surface area contributed by atoms with Gasteiger partial charge in [0.1, 0.15) is 5.50 Å².